The Morgan fingerprint density at radius 2 is 2.27 bits per heavy atom. The molecule has 6 heteroatoms. The van der Waals surface area contributed by atoms with Crippen LogP contribution in [0.2, 0.25) is 0 Å². The van der Waals surface area contributed by atoms with Crippen LogP contribution in [-0.2, 0) is 11.8 Å². The molecule has 0 radical (unpaired) electrons. The smallest absolute Gasteiger partial charge is 0.410 e. The summed E-state index contributed by atoms with van der Waals surface area (Å²) in [5.74, 6) is 1.00. The Bertz CT molecular complexity index is 506. The van der Waals surface area contributed by atoms with Crippen LogP contribution in [-0.4, -0.2) is 45.3 Å². The van der Waals surface area contributed by atoms with Crippen LogP contribution in [0.15, 0.2) is 12.4 Å². The molecule has 0 saturated carbocycles. The van der Waals surface area contributed by atoms with Crippen LogP contribution < -0.4 is 5.32 Å². The first-order valence-corrected chi connectivity index (χ1v) is 7.98. The van der Waals surface area contributed by atoms with Crippen LogP contribution in [0.4, 0.5) is 4.79 Å². The fourth-order valence-electron chi connectivity index (χ4n) is 2.81. The molecule has 0 aromatic carbocycles. The highest BCUT2D eigenvalue weighted by molar-refractivity contribution is 5.69. The molecule has 0 bridgehead atoms. The van der Waals surface area contributed by atoms with Gasteiger partial charge >= 0.3 is 6.09 Å². The van der Waals surface area contributed by atoms with E-state index in [0.29, 0.717) is 0 Å². The molecule has 1 amide bonds. The summed E-state index contributed by atoms with van der Waals surface area (Å²) in [4.78, 5) is 18.5. The predicted octanol–water partition coefficient (Wildman–Crippen LogP) is 2.47. The van der Waals surface area contributed by atoms with Crippen molar-refractivity contribution in [2.24, 2.45) is 7.05 Å². The van der Waals surface area contributed by atoms with Crippen LogP contribution in [0.1, 0.15) is 52.4 Å². The zero-order chi connectivity index (χ0) is 16.3. The Hall–Kier alpha value is -1.56. The number of aryl methyl sites for hydroxylation is 1. The highest BCUT2D eigenvalue weighted by Gasteiger charge is 2.32. The number of hydrogen-bond acceptors (Lipinski definition) is 4. The SMILES string of the molecule is CC(NCC1CCCN1C(=O)OC(C)(C)C)c1nccn1C. The van der Waals surface area contributed by atoms with Gasteiger partial charge in [-0.1, -0.05) is 0 Å². The predicted molar refractivity (Wildman–Crippen MR) is 85.6 cm³/mol. The van der Waals surface area contributed by atoms with E-state index in [4.69, 9.17) is 4.74 Å². The largest absolute Gasteiger partial charge is 0.444 e. The molecular weight excluding hydrogens is 280 g/mol. The summed E-state index contributed by atoms with van der Waals surface area (Å²) in [6, 6.07) is 0.346. The fourth-order valence-corrected chi connectivity index (χ4v) is 2.81. The number of aromatic nitrogens is 2. The van der Waals surface area contributed by atoms with Gasteiger partial charge in [-0.25, -0.2) is 9.78 Å². The van der Waals surface area contributed by atoms with Gasteiger partial charge < -0.3 is 19.5 Å². The van der Waals surface area contributed by atoms with Crippen molar-refractivity contribution < 1.29 is 9.53 Å². The highest BCUT2D eigenvalue weighted by Crippen LogP contribution is 2.21. The van der Waals surface area contributed by atoms with E-state index in [-0.39, 0.29) is 18.2 Å². The molecule has 124 valence electrons. The molecule has 1 aromatic heterocycles. The van der Waals surface area contributed by atoms with Gasteiger partial charge in [-0.05, 0) is 40.5 Å². The molecule has 1 aromatic rings. The molecule has 2 heterocycles. The number of imidazole rings is 1. The number of amides is 1. The number of carbonyl (C=O) groups excluding carboxylic acids is 1. The van der Waals surface area contributed by atoms with Gasteiger partial charge in [-0.2, -0.15) is 0 Å². The Morgan fingerprint density at radius 1 is 1.55 bits per heavy atom. The van der Waals surface area contributed by atoms with Gasteiger partial charge in [0.1, 0.15) is 11.4 Å². The van der Waals surface area contributed by atoms with E-state index in [2.05, 4.69) is 17.2 Å². The third kappa shape index (κ3) is 4.22. The first-order valence-electron chi connectivity index (χ1n) is 7.98. The van der Waals surface area contributed by atoms with Crippen molar-refractivity contribution in [1.82, 2.24) is 19.8 Å². The van der Waals surface area contributed by atoms with E-state index < -0.39 is 5.60 Å². The molecule has 1 N–H and O–H groups in total. The van der Waals surface area contributed by atoms with Crippen LogP contribution in [0.25, 0.3) is 0 Å². The topological polar surface area (TPSA) is 59.4 Å². The van der Waals surface area contributed by atoms with Gasteiger partial charge in [0.25, 0.3) is 0 Å². The standard InChI is InChI=1S/C16H28N4O2/c1-12(14-17-8-10-19(14)5)18-11-13-7-6-9-20(13)15(21)22-16(2,3)4/h8,10,12-13,18H,6-7,9,11H2,1-5H3. The van der Waals surface area contributed by atoms with Crippen molar-refractivity contribution >= 4 is 6.09 Å². The average Bonchev–Trinajstić information content (AvgIpc) is 3.02. The number of likely N-dealkylation sites (tertiary alicyclic amines) is 1. The number of ether oxygens (including phenoxy) is 1. The normalized spacial score (nSPS) is 20.2. The van der Waals surface area contributed by atoms with Crippen LogP contribution in [0.3, 0.4) is 0 Å². The maximum atomic E-state index is 12.3. The summed E-state index contributed by atoms with van der Waals surface area (Å²) >= 11 is 0. The minimum Gasteiger partial charge on any atom is -0.444 e. The number of nitrogens with one attached hydrogen (secondary N) is 1. The minimum absolute atomic E-state index is 0.154. The summed E-state index contributed by atoms with van der Waals surface area (Å²) < 4.78 is 7.50. The molecule has 22 heavy (non-hydrogen) atoms. The lowest BCUT2D eigenvalue weighted by molar-refractivity contribution is 0.0225. The third-order valence-electron chi connectivity index (χ3n) is 3.91. The second kappa shape index (κ2) is 6.69. The lowest BCUT2D eigenvalue weighted by atomic mass is 10.2. The lowest BCUT2D eigenvalue weighted by Crippen LogP contribution is -2.44. The first-order chi connectivity index (χ1) is 10.3. The van der Waals surface area contributed by atoms with Crippen molar-refractivity contribution in [3.63, 3.8) is 0 Å². The van der Waals surface area contributed by atoms with Gasteiger partial charge in [-0.3, -0.25) is 0 Å². The quantitative estimate of drug-likeness (QED) is 0.928. The number of carbonyl (C=O) groups is 1. The lowest BCUT2D eigenvalue weighted by Gasteiger charge is -2.29. The molecule has 1 saturated heterocycles. The first kappa shape index (κ1) is 16.8. The second-order valence-corrected chi connectivity index (χ2v) is 7.00. The molecule has 0 spiro atoms. The van der Waals surface area contributed by atoms with Gasteiger partial charge in [-0.15, -0.1) is 0 Å². The molecule has 1 fully saturated rings. The van der Waals surface area contributed by atoms with Crippen molar-refractivity contribution in [3.8, 4) is 0 Å². The zero-order valence-corrected chi connectivity index (χ0v) is 14.3. The van der Waals surface area contributed by atoms with E-state index in [1.165, 1.54) is 0 Å². The minimum atomic E-state index is -0.447. The molecule has 2 atom stereocenters. The van der Waals surface area contributed by atoms with E-state index in [9.17, 15) is 4.79 Å². The monoisotopic (exact) mass is 308 g/mol. The van der Waals surface area contributed by atoms with Gasteiger partial charge in [0, 0.05) is 38.6 Å². The average molecular weight is 308 g/mol. The number of hydrogen-bond donors (Lipinski definition) is 1. The molecular formula is C16H28N4O2. The van der Waals surface area contributed by atoms with E-state index in [0.717, 1.165) is 31.8 Å². The van der Waals surface area contributed by atoms with Gasteiger partial charge in [0.15, 0.2) is 0 Å². The molecule has 1 aliphatic rings. The molecule has 6 nitrogen and oxygen atoms in total. The van der Waals surface area contributed by atoms with Crippen LogP contribution in [0, 0.1) is 0 Å². The van der Waals surface area contributed by atoms with Crippen LogP contribution in [0.5, 0.6) is 0 Å². The number of nitrogens with zero attached hydrogens (tertiary/aromatic N) is 3. The third-order valence-corrected chi connectivity index (χ3v) is 3.91. The van der Waals surface area contributed by atoms with E-state index in [1.54, 1.807) is 6.20 Å². The summed E-state index contributed by atoms with van der Waals surface area (Å²) in [6.45, 7) is 9.33. The maximum absolute atomic E-state index is 12.3. The number of rotatable bonds is 4. The van der Waals surface area contributed by atoms with Crippen molar-refractivity contribution in [2.45, 2.75) is 58.2 Å². The van der Waals surface area contributed by atoms with Gasteiger partial charge in [0.2, 0.25) is 0 Å². The van der Waals surface area contributed by atoms with Crippen molar-refractivity contribution in [1.29, 1.82) is 0 Å². The molecule has 0 aliphatic carbocycles. The summed E-state index contributed by atoms with van der Waals surface area (Å²) in [6.07, 6.45) is 5.58. The summed E-state index contributed by atoms with van der Waals surface area (Å²) in [7, 11) is 1.99. The second-order valence-electron chi connectivity index (χ2n) is 7.00. The molecule has 2 rings (SSSR count). The Balaban J connectivity index is 1.89. The Kier molecular flexibility index (Phi) is 5.11. The van der Waals surface area contributed by atoms with Gasteiger partial charge in [0.05, 0.1) is 6.04 Å². The zero-order valence-electron chi connectivity index (χ0n) is 14.3. The van der Waals surface area contributed by atoms with Crippen LogP contribution >= 0.6 is 0 Å². The fraction of sp³-hybridized carbons (Fsp3) is 0.750. The maximum Gasteiger partial charge on any atom is 0.410 e. The molecule has 2 unspecified atom stereocenters. The van der Waals surface area contributed by atoms with E-state index in [1.807, 2.05) is 43.5 Å². The Labute approximate surface area is 132 Å². The van der Waals surface area contributed by atoms with E-state index >= 15 is 0 Å². The summed E-state index contributed by atoms with van der Waals surface area (Å²) in [5, 5.41) is 3.48. The Morgan fingerprint density at radius 3 is 2.86 bits per heavy atom. The molecule has 1 aliphatic heterocycles. The van der Waals surface area contributed by atoms with Crippen molar-refractivity contribution in [2.75, 3.05) is 13.1 Å². The highest BCUT2D eigenvalue weighted by atomic mass is 16.6. The van der Waals surface area contributed by atoms with Crippen molar-refractivity contribution in [3.05, 3.63) is 18.2 Å². The summed E-state index contributed by atoms with van der Waals surface area (Å²) in [5.41, 5.74) is -0.447.